The highest BCUT2D eigenvalue weighted by Crippen LogP contribution is 2.45. The topological polar surface area (TPSA) is 21.3 Å². The second-order valence-electron chi connectivity index (χ2n) is 4.26. The Morgan fingerprint density at radius 3 is 2.74 bits per heavy atom. The lowest BCUT2D eigenvalue weighted by molar-refractivity contribution is 0.00884. The summed E-state index contributed by atoms with van der Waals surface area (Å²) in [5, 5.41) is 5.17. The molecule has 106 valence electrons. The number of hydrogen-bond acceptors (Lipinski definition) is 3. The van der Waals surface area contributed by atoms with Crippen LogP contribution < -0.4 is 5.32 Å². The number of thioether (sulfide) groups is 1. The third-order valence-corrected chi connectivity index (χ3v) is 4.30. The Labute approximate surface area is 130 Å². The molecule has 0 radical (unpaired) electrons. The van der Waals surface area contributed by atoms with Gasteiger partial charge in [0.1, 0.15) is 0 Å². The average Bonchev–Trinajstić information content (AvgIpc) is 2.82. The summed E-state index contributed by atoms with van der Waals surface area (Å²) in [5.41, 5.74) is 1.18. The maximum Gasteiger partial charge on any atom is 0.196 e. The minimum Gasteiger partial charge on any atom is -0.342 e. The molecule has 2 unspecified atom stereocenters. The molecule has 1 aliphatic heterocycles. The summed E-state index contributed by atoms with van der Waals surface area (Å²) in [4.78, 5) is 0. The van der Waals surface area contributed by atoms with E-state index in [0.717, 1.165) is 19.4 Å². The molecule has 1 heterocycles. The molecule has 0 fully saturated rings. The number of rotatable bonds is 6. The molecule has 1 aromatic rings. The fourth-order valence-electron chi connectivity index (χ4n) is 1.91. The van der Waals surface area contributed by atoms with Crippen LogP contribution in [-0.4, -0.2) is 18.0 Å². The summed E-state index contributed by atoms with van der Waals surface area (Å²) in [6.45, 7) is 0.907. The normalized spacial score (nSPS) is 23.1. The van der Waals surface area contributed by atoms with Gasteiger partial charge in [0, 0.05) is 6.42 Å². The number of hydrogen-bond donors (Lipinski definition) is 1. The van der Waals surface area contributed by atoms with E-state index in [1.807, 2.05) is 30.7 Å². The smallest absolute Gasteiger partial charge is 0.196 e. The molecule has 0 saturated carbocycles. The van der Waals surface area contributed by atoms with E-state index in [2.05, 4.69) is 23.5 Å². The van der Waals surface area contributed by atoms with Gasteiger partial charge in [0.2, 0.25) is 0 Å². The van der Waals surface area contributed by atoms with Crippen molar-refractivity contribution in [3.05, 3.63) is 47.4 Å². The Kier molecular flexibility index (Phi) is 7.26. The SMILES string of the molecule is CNCCC(OC1(Cl)CC=CS1)c1ccccc1.Cl. The van der Waals surface area contributed by atoms with Gasteiger partial charge in [-0.25, -0.2) is 0 Å². The molecule has 0 aromatic heterocycles. The summed E-state index contributed by atoms with van der Waals surface area (Å²) >= 11 is 8.00. The minimum atomic E-state index is -0.631. The molecule has 19 heavy (non-hydrogen) atoms. The first-order valence-corrected chi connectivity index (χ1v) is 7.38. The van der Waals surface area contributed by atoms with Crippen LogP contribution in [0.25, 0.3) is 0 Å². The van der Waals surface area contributed by atoms with Gasteiger partial charge in [-0.2, -0.15) is 0 Å². The zero-order valence-corrected chi connectivity index (χ0v) is 13.2. The van der Waals surface area contributed by atoms with E-state index < -0.39 is 4.39 Å². The number of ether oxygens (including phenoxy) is 1. The molecular weight excluding hydrogens is 301 g/mol. The highest BCUT2D eigenvalue weighted by Gasteiger charge is 2.33. The Morgan fingerprint density at radius 2 is 2.16 bits per heavy atom. The van der Waals surface area contributed by atoms with Gasteiger partial charge in [-0.05, 0) is 31.0 Å². The molecule has 2 atom stereocenters. The van der Waals surface area contributed by atoms with Crippen LogP contribution in [0.1, 0.15) is 24.5 Å². The van der Waals surface area contributed by atoms with Gasteiger partial charge in [-0.15, -0.1) is 12.4 Å². The molecule has 0 saturated heterocycles. The van der Waals surface area contributed by atoms with Crippen molar-refractivity contribution >= 4 is 35.8 Å². The number of alkyl halides is 1. The molecule has 2 rings (SSSR count). The quantitative estimate of drug-likeness (QED) is 0.789. The van der Waals surface area contributed by atoms with Crippen LogP contribution >= 0.6 is 35.8 Å². The lowest BCUT2D eigenvalue weighted by atomic mass is 10.1. The maximum atomic E-state index is 6.45. The van der Waals surface area contributed by atoms with Gasteiger partial charge in [0.15, 0.2) is 4.39 Å². The lowest BCUT2D eigenvalue weighted by Crippen LogP contribution is -2.23. The molecule has 5 heteroatoms. The van der Waals surface area contributed by atoms with Crippen LogP contribution in [0, 0.1) is 0 Å². The zero-order valence-electron chi connectivity index (χ0n) is 10.8. The second kappa shape index (κ2) is 8.18. The summed E-state index contributed by atoms with van der Waals surface area (Å²) in [7, 11) is 1.95. The molecule has 1 aromatic carbocycles. The Balaban J connectivity index is 0.00000180. The number of benzene rings is 1. The standard InChI is InChI=1S/C14H18ClNOS.ClH/c1-16-10-8-13(12-6-3-2-4-7-12)17-14(15)9-5-11-18-14;/h2-7,11,13,16H,8-10H2,1H3;1H. The van der Waals surface area contributed by atoms with Crippen LogP contribution in [0.15, 0.2) is 41.8 Å². The fraction of sp³-hybridized carbons (Fsp3) is 0.429. The Hall–Kier alpha value is -0.190. The predicted octanol–water partition coefficient (Wildman–Crippen LogP) is 4.32. The molecule has 0 bridgehead atoms. The van der Waals surface area contributed by atoms with Gasteiger partial charge >= 0.3 is 0 Å². The molecule has 0 spiro atoms. The molecule has 1 N–H and O–H groups in total. The van der Waals surface area contributed by atoms with Gasteiger partial charge < -0.3 is 10.1 Å². The summed E-state index contributed by atoms with van der Waals surface area (Å²) in [5.74, 6) is 0. The molecule has 0 aliphatic carbocycles. The van der Waals surface area contributed by atoms with Crippen molar-refractivity contribution in [3.8, 4) is 0 Å². The van der Waals surface area contributed by atoms with Crippen LogP contribution in [0.3, 0.4) is 0 Å². The Morgan fingerprint density at radius 1 is 1.42 bits per heavy atom. The maximum absolute atomic E-state index is 6.45. The van der Waals surface area contributed by atoms with Crippen molar-refractivity contribution in [1.82, 2.24) is 5.32 Å². The van der Waals surface area contributed by atoms with Crippen molar-refractivity contribution < 1.29 is 4.74 Å². The predicted molar refractivity (Wildman–Crippen MR) is 86.0 cm³/mol. The van der Waals surface area contributed by atoms with Crippen molar-refractivity contribution in [2.75, 3.05) is 13.6 Å². The van der Waals surface area contributed by atoms with E-state index in [1.54, 1.807) is 11.8 Å². The highest BCUT2D eigenvalue weighted by atomic mass is 35.5. The average molecular weight is 320 g/mol. The van der Waals surface area contributed by atoms with Crippen molar-refractivity contribution in [1.29, 1.82) is 0 Å². The summed E-state index contributed by atoms with van der Waals surface area (Å²) < 4.78 is 5.48. The van der Waals surface area contributed by atoms with Gasteiger partial charge in [-0.3, -0.25) is 0 Å². The van der Waals surface area contributed by atoms with E-state index in [0.29, 0.717) is 0 Å². The first kappa shape index (κ1) is 16.9. The highest BCUT2D eigenvalue weighted by molar-refractivity contribution is 8.04. The van der Waals surface area contributed by atoms with E-state index in [1.165, 1.54) is 5.56 Å². The third kappa shape index (κ3) is 5.01. The Bertz CT molecular complexity index is 392. The van der Waals surface area contributed by atoms with Crippen LogP contribution in [0.5, 0.6) is 0 Å². The number of nitrogens with one attached hydrogen (secondary N) is 1. The second-order valence-corrected chi connectivity index (χ2v) is 6.27. The van der Waals surface area contributed by atoms with Crippen molar-refractivity contribution in [2.24, 2.45) is 0 Å². The minimum absolute atomic E-state index is 0. The fourth-order valence-corrected chi connectivity index (χ4v) is 3.02. The van der Waals surface area contributed by atoms with Gasteiger partial charge in [-0.1, -0.05) is 59.8 Å². The van der Waals surface area contributed by atoms with Crippen molar-refractivity contribution in [2.45, 2.75) is 23.3 Å². The van der Waals surface area contributed by atoms with Crippen molar-refractivity contribution in [3.63, 3.8) is 0 Å². The molecule has 0 amide bonds. The van der Waals surface area contributed by atoms with Gasteiger partial charge in [0.05, 0.1) is 6.10 Å². The van der Waals surface area contributed by atoms with E-state index in [9.17, 15) is 0 Å². The van der Waals surface area contributed by atoms with Crippen LogP contribution in [-0.2, 0) is 4.74 Å². The van der Waals surface area contributed by atoms with E-state index >= 15 is 0 Å². The lowest BCUT2D eigenvalue weighted by Gasteiger charge is -2.28. The largest absolute Gasteiger partial charge is 0.342 e. The van der Waals surface area contributed by atoms with Crippen LogP contribution in [0.4, 0.5) is 0 Å². The molecule has 1 aliphatic rings. The molecule has 2 nitrogen and oxygen atoms in total. The monoisotopic (exact) mass is 319 g/mol. The first-order valence-electron chi connectivity index (χ1n) is 6.12. The van der Waals surface area contributed by atoms with Gasteiger partial charge in [0.25, 0.3) is 0 Å². The van der Waals surface area contributed by atoms with E-state index in [-0.39, 0.29) is 18.5 Å². The third-order valence-electron chi connectivity index (χ3n) is 2.85. The van der Waals surface area contributed by atoms with Crippen LogP contribution in [0.2, 0.25) is 0 Å². The number of halogens is 2. The summed E-state index contributed by atoms with van der Waals surface area (Å²) in [6, 6.07) is 10.3. The zero-order chi connectivity index (χ0) is 12.8. The summed E-state index contributed by atoms with van der Waals surface area (Å²) in [6.07, 6.45) is 3.75. The van der Waals surface area contributed by atoms with E-state index in [4.69, 9.17) is 16.3 Å². The molecular formula is C14H19Cl2NOS. The first-order chi connectivity index (χ1) is 8.73.